The lowest BCUT2D eigenvalue weighted by Gasteiger charge is -2.27. The number of carboxylic acid groups (broad SMARTS) is 1. The second-order valence-corrected chi connectivity index (χ2v) is 10.1. The molecule has 2 N–H and O–H groups in total. The molecule has 1 saturated heterocycles. The van der Waals surface area contributed by atoms with Crippen LogP contribution in [0.5, 0.6) is 5.75 Å². The van der Waals surface area contributed by atoms with E-state index in [0.717, 1.165) is 21.6 Å². The van der Waals surface area contributed by atoms with Gasteiger partial charge in [0.25, 0.3) is 11.8 Å². The van der Waals surface area contributed by atoms with Crippen LogP contribution in [0.15, 0.2) is 69.1 Å². The second kappa shape index (κ2) is 10.7. The van der Waals surface area contributed by atoms with Gasteiger partial charge in [0.05, 0.1) is 20.2 Å². The predicted molar refractivity (Wildman–Crippen MR) is 144 cm³/mol. The summed E-state index contributed by atoms with van der Waals surface area (Å²) in [6.07, 6.45) is 1.41. The SMILES string of the molecule is Cc1cc(C)cc(N2C(=O)NC(=O)/C(=C\c3cc(Br)c(OCc4ccc(C(=O)O)cc4)c(Br)c3)C2=O)c1. The highest BCUT2D eigenvalue weighted by Crippen LogP contribution is 2.36. The minimum absolute atomic E-state index is 0.183. The lowest BCUT2D eigenvalue weighted by molar-refractivity contribution is -0.122. The molecule has 1 fully saturated rings. The maximum Gasteiger partial charge on any atom is 0.335 e. The van der Waals surface area contributed by atoms with Crippen LogP contribution in [0.4, 0.5) is 10.5 Å². The van der Waals surface area contributed by atoms with Gasteiger partial charge in [-0.25, -0.2) is 14.5 Å². The number of halogens is 2. The van der Waals surface area contributed by atoms with E-state index in [4.69, 9.17) is 9.84 Å². The first-order chi connectivity index (χ1) is 17.5. The van der Waals surface area contributed by atoms with Crippen LogP contribution >= 0.6 is 31.9 Å². The standard InChI is InChI=1S/C27H20Br2N2O6/c1-14-7-15(2)9-19(8-14)31-25(33)20(24(32)30-27(31)36)10-17-11-21(28)23(22(29)12-17)37-13-16-3-5-18(6-4-16)26(34)35/h3-12H,13H2,1-2H3,(H,34,35)(H,30,32,36)/b20-10+. The highest BCUT2D eigenvalue weighted by Gasteiger charge is 2.37. The Morgan fingerprint density at radius 3 is 2.14 bits per heavy atom. The Labute approximate surface area is 229 Å². The molecule has 8 nitrogen and oxygen atoms in total. The third-order valence-electron chi connectivity index (χ3n) is 5.48. The molecule has 0 radical (unpaired) electrons. The van der Waals surface area contributed by atoms with Crippen molar-refractivity contribution in [1.29, 1.82) is 0 Å². The van der Waals surface area contributed by atoms with E-state index in [1.165, 1.54) is 18.2 Å². The highest BCUT2D eigenvalue weighted by molar-refractivity contribution is 9.11. The second-order valence-electron chi connectivity index (χ2n) is 8.41. The molecule has 0 aromatic heterocycles. The van der Waals surface area contributed by atoms with Crippen molar-refractivity contribution in [2.45, 2.75) is 20.5 Å². The van der Waals surface area contributed by atoms with E-state index >= 15 is 0 Å². The first-order valence-electron chi connectivity index (χ1n) is 11.0. The molecule has 3 aromatic carbocycles. The zero-order chi connectivity index (χ0) is 26.9. The molecule has 0 atom stereocenters. The van der Waals surface area contributed by atoms with Crippen molar-refractivity contribution >= 4 is 67.4 Å². The number of nitrogens with zero attached hydrogens (tertiary/aromatic N) is 1. The number of hydrogen-bond donors (Lipinski definition) is 2. The van der Waals surface area contributed by atoms with Gasteiger partial charge in [-0.15, -0.1) is 0 Å². The Kier molecular flexibility index (Phi) is 7.60. The Bertz CT molecular complexity index is 1440. The molecule has 1 heterocycles. The normalized spacial score (nSPS) is 14.6. The average molecular weight is 628 g/mol. The van der Waals surface area contributed by atoms with E-state index in [-0.39, 0.29) is 17.7 Å². The van der Waals surface area contributed by atoms with Gasteiger partial charge in [0.1, 0.15) is 17.9 Å². The molecule has 0 unspecified atom stereocenters. The molecule has 0 spiro atoms. The number of carbonyl (C=O) groups is 4. The molecule has 10 heteroatoms. The van der Waals surface area contributed by atoms with Gasteiger partial charge >= 0.3 is 12.0 Å². The first kappa shape index (κ1) is 26.3. The molecule has 4 amide bonds. The van der Waals surface area contributed by atoms with Gasteiger partial charge in [0.2, 0.25) is 0 Å². The van der Waals surface area contributed by atoms with Gasteiger partial charge in [-0.1, -0.05) is 18.2 Å². The number of ether oxygens (including phenoxy) is 1. The van der Waals surface area contributed by atoms with Crippen LogP contribution in [0.25, 0.3) is 6.08 Å². The zero-order valence-electron chi connectivity index (χ0n) is 19.7. The lowest BCUT2D eigenvalue weighted by atomic mass is 10.1. The number of anilines is 1. The highest BCUT2D eigenvalue weighted by atomic mass is 79.9. The summed E-state index contributed by atoms with van der Waals surface area (Å²) in [6, 6.07) is 14.2. The van der Waals surface area contributed by atoms with E-state index in [9.17, 15) is 19.2 Å². The summed E-state index contributed by atoms with van der Waals surface area (Å²) in [4.78, 5) is 50.3. The van der Waals surface area contributed by atoms with Crippen molar-refractivity contribution in [2.24, 2.45) is 0 Å². The predicted octanol–water partition coefficient (Wildman–Crippen LogP) is 5.77. The van der Waals surface area contributed by atoms with Crippen LogP contribution < -0.4 is 15.0 Å². The van der Waals surface area contributed by atoms with E-state index in [0.29, 0.717) is 25.9 Å². The number of hydrogen-bond acceptors (Lipinski definition) is 5. The van der Waals surface area contributed by atoms with Crippen LogP contribution in [-0.2, 0) is 16.2 Å². The maximum absolute atomic E-state index is 13.2. The van der Waals surface area contributed by atoms with Gasteiger partial charge in [0, 0.05) is 0 Å². The van der Waals surface area contributed by atoms with E-state index in [2.05, 4.69) is 37.2 Å². The summed E-state index contributed by atoms with van der Waals surface area (Å²) >= 11 is 6.92. The molecular weight excluding hydrogens is 608 g/mol. The average Bonchev–Trinajstić information content (AvgIpc) is 2.81. The summed E-state index contributed by atoms with van der Waals surface area (Å²) < 4.78 is 7.01. The third-order valence-corrected chi connectivity index (χ3v) is 6.66. The third kappa shape index (κ3) is 5.81. The number of nitrogens with one attached hydrogen (secondary N) is 1. The summed E-state index contributed by atoms with van der Waals surface area (Å²) in [6.45, 7) is 3.90. The monoisotopic (exact) mass is 626 g/mol. The topological polar surface area (TPSA) is 113 Å². The number of imide groups is 2. The summed E-state index contributed by atoms with van der Waals surface area (Å²) in [5, 5.41) is 11.3. The molecule has 37 heavy (non-hydrogen) atoms. The minimum Gasteiger partial charge on any atom is -0.487 e. The molecule has 0 aliphatic carbocycles. The maximum atomic E-state index is 13.2. The summed E-state index contributed by atoms with van der Waals surface area (Å²) in [5.74, 6) is -2.03. The fraction of sp³-hybridized carbons (Fsp3) is 0.111. The molecule has 1 aliphatic rings. The largest absolute Gasteiger partial charge is 0.487 e. The fourth-order valence-electron chi connectivity index (χ4n) is 3.84. The Balaban J connectivity index is 1.59. The zero-order valence-corrected chi connectivity index (χ0v) is 22.8. The van der Waals surface area contributed by atoms with Gasteiger partial charge < -0.3 is 9.84 Å². The Morgan fingerprint density at radius 2 is 1.57 bits per heavy atom. The number of amides is 4. The van der Waals surface area contributed by atoms with Gasteiger partial charge in [0.15, 0.2) is 0 Å². The smallest absolute Gasteiger partial charge is 0.335 e. The van der Waals surface area contributed by atoms with Crippen molar-refractivity contribution < 1.29 is 29.0 Å². The molecule has 0 saturated carbocycles. The number of aromatic carboxylic acids is 1. The van der Waals surface area contributed by atoms with E-state index in [1.807, 2.05) is 19.9 Å². The van der Waals surface area contributed by atoms with Crippen LogP contribution in [0.2, 0.25) is 0 Å². The summed E-state index contributed by atoms with van der Waals surface area (Å²) in [7, 11) is 0. The minimum atomic E-state index is -1.01. The molecule has 3 aromatic rings. The van der Waals surface area contributed by atoms with Gasteiger partial charge in [-0.05, 0) is 110 Å². The van der Waals surface area contributed by atoms with Crippen molar-refractivity contribution in [3.63, 3.8) is 0 Å². The molecule has 188 valence electrons. The lowest BCUT2D eigenvalue weighted by Crippen LogP contribution is -2.54. The molecule has 0 bridgehead atoms. The van der Waals surface area contributed by atoms with Crippen molar-refractivity contribution in [3.05, 3.63) is 96.9 Å². The van der Waals surface area contributed by atoms with Crippen molar-refractivity contribution in [1.82, 2.24) is 5.32 Å². The molecule has 4 rings (SSSR count). The molecular formula is C27H20Br2N2O6. The number of barbiturate groups is 1. The van der Waals surface area contributed by atoms with Crippen LogP contribution in [0, 0.1) is 13.8 Å². The number of benzene rings is 3. The Morgan fingerprint density at radius 1 is 0.973 bits per heavy atom. The van der Waals surface area contributed by atoms with Gasteiger partial charge in [-0.2, -0.15) is 0 Å². The fourth-order valence-corrected chi connectivity index (χ4v) is 5.29. The van der Waals surface area contributed by atoms with Crippen LogP contribution in [0.3, 0.4) is 0 Å². The van der Waals surface area contributed by atoms with Crippen LogP contribution in [0.1, 0.15) is 32.6 Å². The number of rotatable bonds is 6. The summed E-state index contributed by atoms with van der Waals surface area (Å²) in [5.41, 5.74) is 3.41. The van der Waals surface area contributed by atoms with Crippen molar-refractivity contribution in [3.8, 4) is 5.75 Å². The van der Waals surface area contributed by atoms with E-state index < -0.39 is 23.8 Å². The quantitative estimate of drug-likeness (QED) is 0.265. The van der Waals surface area contributed by atoms with Crippen LogP contribution in [-0.4, -0.2) is 28.9 Å². The van der Waals surface area contributed by atoms with Crippen molar-refractivity contribution in [2.75, 3.05) is 4.90 Å². The Hall–Kier alpha value is -3.76. The number of aryl methyl sites for hydroxylation is 2. The number of carbonyl (C=O) groups excluding carboxylic acids is 3. The van der Waals surface area contributed by atoms with E-state index in [1.54, 1.807) is 36.4 Å². The number of carboxylic acids is 1. The first-order valence-corrected chi connectivity index (χ1v) is 12.6. The molecule has 1 aliphatic heterocycles. The number of urea groups is 1. The van der Waals surface area contributed by atoms with Gasteiger partial charge in [-0.3, -0.25) is 14.9 Å².